The van der Waals surface area contributed by atoms with Crippen molar-refractivity contribution < 1.29 is 14.1 Å². The third kappa shape index (κ3) is 3.44. The molecule has 0 aliphatic carbocycles. The summed E-state index contributed by atoms with van der Waals surface area (Å²) in [7, 11) is 1.57. The molecule has 2 heterocycles. The highest BCUT2D eigenvalue weighted by atomic mass is 16.6. The minimum Gasteiger partial charge on any atom is -0.497 e. The first-order valence-electron chi connectivity index (χ1n) is 8.58. The lowest BCUT2D eigenvalue weighted by Crippen LogP contribution is -1.90. The second-order valence-electron chi connectivity index (χ2n) is 6.11. The van der Waals surface area contributed by atoms with Crippen molar-refractivity contribution >= 4 is 28.4 Å². The Morgan fingerprint density at radius 1 is 1.28 bits per heavy atom. The highest BCUT2D eigenvalue weighted by molar-refractivity contribution is 5.90. The van der Waals surface area contributed by atoms with Gasteiger partial charge in [0.05, 0.1) is 34.2 Å². The number of nitriles is 1. The van der Waals surface area contributed by atoms with Gasteiger partial charge in [0.2, 0.25) is 0 Å². The van der Waals surface area contributed by atoms with Crippen LogP contribution in [0.5, 0.6) is 5.75 Å². The Hall–Kier alpha value is -4.38. The fourth-order valence-corrected chi connectivity index (χ4v) is 2.96. The van der Waals surface area contributed by atoms with E-state index in [1.54, 1.807) is 55.6 Å². The van der Waals surface area contributed by atoms with Gasteiger partial charge in [-0.25, -0.2) is 4.98 Å². The maximum absolute atomic E-state index is 11.2. The van der Waals surface area contributed by atoms with Crippen LogP contribution in [-0.4, -0.2) is 22.0 Å². The van der Waals surface area contributed by atoms with Crippen LogP contribution in [0, 0.1) is 21.4 Å². The van der Waals surface area contributed by atoms with Crippen LogP contribution >= 0.6 is 0 Å². The Kier molecular flexibility index (Phi) is 4.55. The number of hydrogen-bond donors (Lipinski definition) is 1. The van der Waals surface area contributed by atoms with E-state index >= 15 is 0 Å². The highest BCUT2D eigenvalue weighted by Crippen LogP contribution is 2.32. The number of nitro groups is 1. The fraction of sp³-hybridized carbons (Fsp3) is 0.0476. The van der Waals surface area contributed by atoms with Crippen LogP contribution in [0.4, 0.5) is 5.69 Å². The van der Waals surface area contributed by atoms with Gasteiger partial charge in [-0.2, -0.15) is 5.26 Å². The van der Waals surface area contributed by atoms with E-state index in [1.807, 2.05) is 0 Å². The molecule has 29 heavy (non-hydrogen) atoms. The van der Waals surface area contributed by atoms with E-state index in [2.05, 4.69) is 16.0 Å². The number of nitrogens with one attached hydrogen (secondary N) is 1. The van der Waals surface area contributed by atoms with E-state index in [0.717, 1.165) is 5.52 Å². The number of para-hydroxylation sites is 1. The van der Waals surface area contributed by atoms with Crippen molar-refractivity contribution in [2.24, 2.45) is 0 Å². The standard InChI is InChI=1S/C21H14N4O4/c1-28-14-6-8-17-18(11-14)24-21(23-17)13(12-22)10-15-7-9-20(29-15)16-4-2-3-5-19(16)25(26)27/h2-11H,1H3,(H,23,24). The van der Waals surface area contributed by atoms with Crippen molar-refractivity contribution in [3.05, 3.63) is 76.3 Å². The van der Waals surface area contributed by atoms with Crippen LogP contribution in [0.15, 0.2) is 59.0 Å². The number of H-pyrrole nitrogens is 1. The maximum Gasteiger partial charge on any atom is 0.280 e. The monoisotopic (exact) mass is 386 g/mol. The predicted molar refractivity (Wildman–Crippen MR) is 107 cm³/mol. The van der Waals surface area contributed by atoms with Gasteiger partial charge < -0.3 is 14.1 Å². The zero-order valence-electron chi connectivity index (χ0n) is 15.2. The van der Waals surface area contributed by atoms with Crippen LogP contribution in [0.2, 0.25) is 0 Å². The second-order valence-corrected chi connectivity index (χ2v) is 6.11. The van der Waals surface area contributed by atoms with Crippen molar-refractivity contribution in [1.82, 2.24) is 9.97 Å². The molecule has 2 aromatic carbocycles. The van der Waals surface area contributed by atoms with Crippen molar-refractivity contribution in [3.8, 4) is 23.1 Å². The molecule has 0 saturated heterocycles. The molecule has 142 valence electrons. The van der Waals surface area contributed by atoms with Gasteiger partial charge in [-0.05, 0) is 30.3 Å². The molecule has 0 amide bonds. The summed E-state index contributed by atoms with van der Waals surface area (Å²) in [4.78, 5) is 18.3. The quantitative estimate of drug-likeness (QED) is 0.299. The number of rotatable bonds is 5. The third-order valence-corrected chi connectivity index (χ3v) is 4.34. The normalized spacial score (nSPS) is 11.4. The molecular weight excluding hydrogens is 372 g/mol. The molecule has 0 spiro atoms. The summed E-state index contributed by atoms with van der Waals surface area (Å²) < 4.78 is 10.9. The van der Waals surface area contributed by atoms with Gasteiger partial charge in [-0.1, -0.05) is 12.1 Å². The summed E-state index contributed by atoms with van der Waals surface area (Å²) in [6.45, 7) is 0. The van der Waals surface area contributed by atoms with Crippen molar-refractivity contribution in [2.75, 3.05) is 7.11 Å². The number of ether oxygens (including phenoxy) is 1. The molecule has 0 aliphatic rings. The summed E-state index contributed by atoms with van der Waals surface area (Å²) in [5, 5.41) is 20.8. The van der Waals surface area contributed by atoms with Gasteiger partial charge >= 0.3 is 0 Å². The zero-order chi connectivity index (χ0) is 20.4. The van der Waals surface area contributed by atoms with Gasteiger partial charge in [-0.3, -0.25) is 10.1 Å². The lowest BCUT2D eigenvalue weighted by atomic mass is 10.1. The molecule has 0 atom stereocenters. The number of imidazole rings is 1. The van der Waals surface area contributed by atoms with Gasteiger partial charge in [0.25, 0.3) is 5.69 Å². The number of benzene rings is 2. The number of nitro benzene ring substituents is 1. The van der Waals surface area contributed by atoms with E-state index in [1.165, 1.54) is 12.1 Å². The number of furan rings is 1. The van der Waals surface area contributed by atoms with E-state index in [9.17, 15) is 15.4 Å². The number of fused-ring (bicyclic) bond motifs is 1. The van der Waals surface area contributed by atoms with Crippen LogP contribution in [-0.2, 0) is 0 Å². The predicted octanol–water partition coefficient (Wildman–Crippen LogP) is 4.80. The Morgan fingerprint density at radius 3 is 2.86 bits per heavy atom. The molecule has 0 bridgehead atoms. The average molecular weight is 386 g/mol. The van der Waals surface area contributed by atoms with Crippen LogP contribution in [0.1, 0.15) is 11.6 Å². The second kappa shape index (κ2) is 7.32. The van der Waals surface area contributed by atoms with E-state index < -0.39 is 4.92 Å². The minimum absolute atomic E-state index is 0.0517. The van der Waals surface area contributed by atoms with Gasteiger partial charge in [0.1, 0.15) is 29.2 Å². The van der Waals surface area contributed by atoms with Crippen LogP contribution in [0.3, 0.4) is 0 Å². The molecule has 4 aromatic rings. The largest absolute Gasteiger partial charge is 0.497 e. The Balaban J connectivity index is 1.71. The lowest BCUT2D eigenvalue weighted by Gasteiger charge is -1.98. The first-order chi connectivity index (χ1) is 14.1. The molecule has 4 rings (SSSR count). The first-order valence-corrected chi connectivity index (χ1v) is 8.58. The third-order valence-electron chi connectivity index (χ3n) is 4.34. The number of aromatic amines is 1. The first kappa shape index (κ1) is 18.0. The van der Waals surface area contributed by atoms with Gasteiger partial charge in [0.15, 0.2) is 0 Å². The summed E-state index contributed by atoms with van der Waals surface area (Å²) in [5.74, 6) is 1.79. The number of nitrogens with zero attached hydrogens (tertiary/aromatic N) is 3. The molecule has 0 fully saturated rings. The van der Waals surface area contributed by atoms with Crippen molar-refractivity contribution in [1.29, 1.82) is 5.26 Å². The molecule has 2 aromatic heterocycles. The van der Waals surface area contributed by atoms with Crippen molar-refractivity contribution in [3.63, 3.8) is 0 Å². The number of hydrogen-bond acceptors (Lipinski definition) is 6. The average Bonchev–Trinajstić information content (AvgIpc) is 3.38. The molecule has 0 saturated carbocycles. The van der Waals surface area contributed by atoms with E-state index in [4.69, 9.17) is 9.15 Å². The molecule has 0 unspecified atom stereocenters. The zero-order valence-corrected chi connectivity index (χ0v) is 15.2. The molecule has 0 radical (unpaired) electrons. The molecule has 8 heteroatoms. The SMILES string of the molecule is COc1ccc2nc(C(C#N)=Cc3ccc(-c4ccccc4[N+](=O)[O-])o3)[nH]c2c1. The van der Waals surface area contributed by atoms with E-state index in [-0.39, 0.29) is 11.3 Å². The lowest BCUT2D eigenvalue weighted by molar-refractivity contribution is -0.384. The van der Waals surface area contributed by atoms with Gasteiger partial charge in [-0.15, -0.1) is 0 Å². The Bertz CT molecular complexity index is 1290. The van der Waals surface area contributed by atoms with Crippen molar-refractivity contribution in [2.45, 2.75) is 0 Å². The molecule has 0 aliphatic heterocycles. The highest BCUT2D eigenvalue weighted by Gasteiger charge is 2.17. The molecular formula is C21H14N4O4. The smallest absolute Gasteiger partial charge is 0.280 e. The number of methoxy groups -OCH3 is 1. The Morgan fingerprint density at radius 2 is 2.10 bits per heavy atom. The fourth-order valence-electron chi connectivity index (χ4n) is 2.96. The topological polar surface area (TPSA) is 118 Å². The Labute approximate surface area is 164 Å². The molecule has 1 N–H and O–H groups in total. The number of allylic oxidation sites excluding steroid dienone is 1. The number of aromatic nitrogens is 2. The molecule has 8 nitrogen and oxygen atoms in total. The van der Waals surface area contributed by atoms with E-state index in [0.29, 0.717) is 34.2 Å². The summed E-state index contributed by atoms with van der Waals surface area (Å²) >= 11 is 0. The van der Waals surface area contributed by atoms with Crippen LogP contribution in [0.25, 0.3) is 34.0 Å². The summed E-state index contributed by atoms with van der Waals surface area (Å²) in [5.41, 5.74) is 2.02. The summed E-state index contributed by atoms with van der Waals surface area (Å²) in [6.07, 6.45) is 1.53. The summed E-state index contributed by atoms with van der Waals surface area (Å²) in [6, 6.07) is 17.1. The maximum atomic E-state index is 11.2. The van der Waals surface area contributed by atoms with Gasteiger partial charge in [0, 0.05) is 18.2 Å². The minimum atomic E-state index is -0.462. The van der Waals surface area contributed by atoms with Crippen LogP contribution < -0.4 is 4.74 Å².